The Bertz CT molecular complexity index is 815. The monoisotopic (exact) mass is 368 g/mol. The second-order valence-electron chi connectivity index (χ2n) is 7.58. The molecule has 3 heterocycles. The molecule has 27 heavy (non-hydrogen) atoms. The second-order valence-corrected chi connectivity index (χ2v) is 7.58. The third kappa shape index (κ3) is 3.17. The van der Waals surface area contributed by atoms with Crippen LogP contribution < -0.4 is 16.0 Å². The van der Waals surface area contributed by atoms with Gasteiger partial charge in [-0.2, -0.15) is 0 Å². The van der Waals surface area contributed by atoms with Crippen LogP contribution in [0.5, 0.6) is 0 Å². The summed E-state index contributed by atoms with van der Waals surface area (Å²) in [6.07, 6.45) is 3.43. The highest BCUT2D eigenvalue weighted by atomic mass is 16.2. The largest absolute Gasteiger partial charge is 0.322 e. The smallest absolute Gasteiger partial charge is 0.255 e. The zero-order valence-electron chi connectivity index (χ0n) is 15.2. The molecular formula is C20H24N4O3. The summed E-state index contributed by atoms with van der Waals surface area (Å²) in [6.45, 7) is 6.60. The third-order valence-corrected chi connectivity index (χ3v) is 5.75. The Kier molecular flexibility index (Phi) is 4.57. The number of nitrogens with zero attached hydrogens (tertiary/aromatic N) is 1. The van der Waals surface area contributed by atoms with Gasteiger partial charge in [-0.05, 0) is 24.0 Å². The molecule has 3 N–H and O–H groups in total. The van der Waals surface area contributed by atoms with Gasteiger partial charge < -0.3 is 15.5 Å². The topological polar surface area (TPSA) is 90.5 Å². The first-order valence-corrected chi connectivity index (χ1v) is 9.35. The molecule has 0 radical (unpaired) electrons. The fourth-order valence-corrected chi connectivity index (χ4v) is 4.16. The van der Waals surface area contributed by atoms with Crippen LogP contribution in [0.1, 0.15) is 40.7 Å². The molecule has 3 aliphatic rings. The number of rotatable bonds is 6. The van der Waals surface area contributed by atoms with Gasteiger partial charge >= 0.3 is 0 Å². The van der Waals surface area contributed by atoms with E-state index in [2.05, 4.69) is 22.5 Å². The number of amides is 3. The minimum absolute atomic E-state index is 0.00453. The predicted molar refractivity (Wildman–Crippen MR) is 99.7 cm³/mol. The first-order valence-electron chi connectivity index (χ1n) is 9.35. The highest BCUT2D eigenvalue weighted by Crippen LogP contribution is 2.30. The SMILES string of the molecule is C=CCC1(NCc2cccc3c2C(=O)N(C2CCC(=O)NC2=O)C3)CNC1. The van der Waals surface area contributed by atoms with Crippen LogP contribution in [-0.4, -0.2) is 47.3 Å². The standard InChI is InChI=1S/C20H24N4O3/c1-2-8-20(11-21-12-20)22-9-13-4-3-5-14-10-24(19(27)17(13)14)15-6-7-16(25)23-18(15)26/h2-5,15,21-22H,1,6-12H2,(H,23,25,26). The van der Waals surface area contributed by atoms with E-state index in [1.807, 2.05) is 24.3 Å². The van der Waals surface area contributed by atoms with E-state index in [0.717, 1.165) is 30.6 Å². The van der Waals surface area contributed by atoms with Crippen LogP contribution in [0.15, 0.2) is 30.9 Å². The lowest BCUT2D eigenvalue weighted by Crippen LogP contribution is -2.67. The lowest BCUT2D eigenvalue weighted by Gasteiger charge is -2.43. The zero-order valence-corrected chi connectivity index (χ0v) is 15.2. The summed E-state index contributed by atoms with van der Waals surface area (Å²) < 4.78 is 0. The third-order valence-electron chi connectivity index (χ3n) is 5.75. The van der Waals surface area contributed by atoms with Crippen molar-refractivity contribution in [3.05, 3.63) is 47.5 Å². The van der Waals surface area contributed by atoms with Crippen LogP contribution in [0.3, 0.4) is 0 Å². The zero-order chi connectivity index (χ0) is 19.0. The predicted octanol–water partition coefficient (Wildman–Crippen LogP) is 0.455. The van der Waals surface area contributed by atoms with Gasteiger partial charge in [-0.25, -0.2) is 0 Å². The Balaban J connectivity index is 1.52. The highest BCUT2D eigenvalue weighted by Gasteiger charge is 2.40. The van der Waals surface area contributed by atoms with E-state index in [9.17, 15) is 14.4 Å². The van der Waals surface area contributed by atoms with Crippen molar-refractivity contribution in [3.8, 4) is 0 Å². The van der Waals surface area contributed by atoms with Crippen molar-refractivity contribution in [1.82, 2.24) is 20.9 Å². The van der Waals surface area contributed by atoms with E-state index in [0.29, 0.717) is 25.1 Å². The van der Waals surface area contributed by atoms with Crippen LogP contribution in [0.2, 0.25) is 0 Å². The number of hydrogen-bond donors (Lipinski definition) is 3. The van der Waals surface area contributed by atoms with Gasteiger partial charge in [0.25, 0.3) is 5.91 Å². The Morgan fingerprint density at radius 3 is 2.78 bits per heavy atom. The molecule has 4 rings (SSSR count). The van der Waals surface area contributed by atoms with Crippen molar-refractivity contribution in [2.24, 2.45) is 0 Å². The number of carbonyl (C=O) groups is 3. The maximum Gasteiger partial charge on any atom is 0.255 e. The molecular weight excluding hydrogens is 344 g/mol. The van der Waals surface area contributed by atoms with Gasteiger partial charge in [-0.1, -0.05) is 24.3 Å². The molecule has 142 valence electrons. The summed E-state index contributed by atoms with van der Waals surface area (Å²) in [5.41, 5.74) is 2.57. The summed E-state index contributed by atoms with van der Waals surface area (Å²) in [7, 11) is 0. The van der Waals surface area contributed by atoms with Gasteiger partial charge in [0.1, 0.15) is 6.04 Å². The van der Waals surface area contributed by atoms with Crippen molar-refractivity contribution in [2.75, 3.05) is 13.1 Å². The lowest BCUT2D eigenvalue weighted by molar-refractivity contribution is -0.136. The molecule has 1 aromatic carbocycles. The molecule has 1 atom stereocenters. The number of nitrogens with one attached hydrogen (secondary N) is 3. The van der Waals surface area contributed by atoms with Crippen molar-refractivity contribution >= 4 is 17.7 Å². The average Bonchev–Trinajstić information content (AvgIpc) is 2.94. The molecule has 2 fully saturated rings. The van der Waals surface area contributed by atoms with Crippen LogP contribution >= 0.6 is 0 Å². The Labute approximate surface area is 158 Å². The number of piperidine rings is 1. The van der Waals surface area contributed by atoms with Crippen LogP contribution in [0, 0.1) is 0 Å². The minimum Gasteiger partial charge on any atom is -0.322 e. The molecule has 3 amide bonds. The molecule has 0 spiro atoms. The first-order chi connectivity index (χ1) is 13.0. The van der Waals surface area contributed by atoms with Gasteiger partial charge in [0.2, 0.25) is 11.8 Å². The van der Waals surface area contributed by atoms with Crippen molar-refractivity contribution in [2.45, 2.75) is 43.9 Å². The van der Waals surface area contributed by atoms with Crippen LogP contribution in [0.25, 0.3) is 0 Å². The molecule has 3 aliphatic heterocycles. The highest BCUT2D eigenvalue weighted by molar-refractivity contribution is 6.05. The van der Waals surface area contributed by atoms with Gasteiger partial charge in [0.05, 0.1) is 0 Å². The van der Waals surface area contributed by atoms with E-state index < -0.39 is 6.04 Å². The summed E-state index contributed by atoms with van der Waals surface area (Å²) in [5.74, 6) is -0.772. The number of hydrogen-bond acceptors (Lipinski definition) is 5. The number of imide groups is 1. The number of benzene rings is 1. The normalized spacial score (nSPS) is 23.6. The Hall–Kier alpha value is -2.51. The minimum atomic E-state index is -0.577. The van der Waals surface area contributed by atoms with E-state index >= 15 is 0 Å². The number of carbonyl (C=O) groups excluding carboxylic acids is 3. The molecule has 2 saturated heterocycles. The van der Waals surface area contributed by atoms with E-state index in [-0.39, 0.29) is 29.7 Å². The Morgan fingerprint density at radius 1 is 1.30 bits per heavy atom. The van der Waals surface area contributed by atoms with Crippen LogP contribution in [-0.2, 0) is 22.7 Å². The van der Waals surface area contributed by atoms with Gasteiger partial charge in [-0.15, -0.1) is 6.58 Å². The lowest BCUT2D eigenvalue weighted by atomic mass is 9.88. The molecule has 1 aromatic rings. The maximum atomic E-state index is 13.1. The quantitative estimate of drug-likeness (QED) is 0.501. The fourth-order valence-electron chi connectivity index (χ4n) is 4.16. The van der Waals surface area contributed by atoms with Gasteiger partial charge in [0, 0.05) is 43.7 Å². The molecule has 1 unspecified atom stereocenters. The number of fused-ring (bicyclic) bond motifs is 1. The van der Waals surface area contributed by atoms with Gasteiger partial charge in [0.15, 0.2) is 0 Å². The average molecular weight is 368 g/mol. The van der Waals surface area contributed by atoms with Crippen molar-refractivity contribution in [3.63, 3.8) is 0 Å². The molecule has 0 aliphatic carbocycles. The van der Waals surface area contributed by atoms with Gasteiger partial charge in [-0.3, -0.25) is 19.7 Å². The maximum absolute atomic E-state index is 13.1. The molecule has 7 heteroatoms. The van der Waals surface area contributed by atoms with Crippen molar-refractivity contribution in [1.29, 1.82) is 0 Å². The molecule has 0 aromatic heterocycles. The molecule has 0 saturated carbocycles. The van der Waals surface area contributed by atoms with Crippen LogP contribution in [0.4, 0.5) is 0 Å². The van der Waals surface area contributed by atoms with E-state index in [1.54, 1.807) is 4.90 Å². The summed E-state index contributed by atoms with van der Waals surface area (Å²) in [6, 6.07) is 5.28. The molecule has 7 nitrogen and oxygen atoms in total. The molecule has 0 bridgehead atoms. The fraction of sp³-hybridized carbons (Fsp3) is 0.450. The first kappa shape index (κ1) is 17.9. The summed E-state index contributed by atoms with van der Waals surface area (Å²) >= 11 is 0. The Morgan fingerprint density at radius 2 is 2.11 bits per heavy atom. The van der Waals surface area contributed by atoms with E-state index in [4.69, 9.17) is 0 Å². The van der Waals surface area contributed by atoms with E-state index in [1.165, 1.54) is 0 Å². The summed E-state index contributed by atoms with van der Waals surface area (Å²) in [5, 5.41) is 9.21. The second kappa shape index (κ2) is 6.90. The summed E-state index contributed by atoms with van der Waals surface area (Å²) in [4.78, 5) is 38.3. The van der Waals surface area contributed by atoms with Crippen molar-refractivity contribution < 1.29 is 14.4 Å².